The van der Waals surface area contributed by atoms with Crippen LogP contribution in [0.5, 0.6) is 5.75 Å². The van der Waals surface area contributed by atoms with Gasteiger partial charge in [-0.3, -0.25) is 10.1 Å². The SMILES string of the molecule is C[Si](C)(C)CCOc1cc([N+](=O)[O-])sc1C(=O)O. The van der Waals surface area contributed by atoms with Gasteiger partial charge >= 0.3 is 11.0 Å². The van der Waals surface area contributed by atoms with Crippen molar-refractivity contribution in [3.63, 3.8) is 0 Å². The number of hydrogen-bond acceptors (Lipinski definition) is 5. The summed E-state index contributed by atoms with van der Waals surface area (Å²) in [5.41, 5.74) is 0. The fourth-order valence-corrected chi connectivity index (χ4v) is 2.65. The van der Waals surface area contributed by atoms with Crippen LogP contribution < -0.4 is 4.74 Å². The van der Waals surface area contributed by atoms with Crippen LogP contribution in [0, 0.1) is 10.1 Å². The van der Waals surface area contributed by atoms with Gasteiger partial charge in [-0.15, -0.1) is 0 Å². The predicted molar refractivity (Wildman–Crippen MR) is 71.6 cm³/mol. The molecule has 0 saturated carbocycles. The third-order valence-corrected chi connectivity index (χ3v) is 4.93. The third-order valence-electron chi connectivity index (χ3n) is 2.17. The van der Waals surface area contributed by atoms with Crippen LogP contribution in [0.4, 0.5) is 5.00 Å². The molecular formula is C10H15NO5SSi. The van der Waals surface area contributed by atoms with Crippen molar-refractivity contribution in [1.82, 2.24) is 0 Å². The summed E-state index contributed by atoms with van der Waals surface area (Å²) in [5.74, 6) is -1.10. The Morgan fingerprint density at radius 2 is 2.17 bits per heavy atom. The summed E-state index contributed by atoms with van der Waals surface area (Å²) in [6, 6.07) is 2.05. The van der Waals surface area contributed by atoms with Crippen LogP contribution in [0.3, 0.4) is 0 Å². The van der Waals surface area contributed by atoms with Crippen molar-refractivity contribution < 1.29 is 19.6 Å². The largest absolute Gasteiger partial charge is 0.492 e. The molecule has 0 radical (unpaired) electrons. The lowest BCUT2D eigenvalue weighted by Gasteiger charge is -2.15. The van der Waals surface area contributed by atoms with Gasteiger partial charge in [0.25, 0.3) is 0 Å². The van der Waals surface area contributed by atoms with E-state index in [0.717, 1.165) is 6.04 Å². The topological polar surface area (TPSA) is 89.7 Å². The van der Waals surface area contributed by atoms with Crippen molar-refractivity contribution in [1.29, 1.82) is 0 Å². The lowest BCUT2D eigenvalue weighted by molar-refractivity contribution is -0.380. The van der Waals surface area contributed by atoms with Crippen LogP contribution >= 0.6 is 11.3 Å². The molecule has 0 spiro atoms. The van der Waals surface area contributed by atoms with Gasteiger partial charge in [-0.25, -0.2) is 4.79 Å². The van der Waals surface area contributed by atoms with Gasteiger partial charge in [0, 0.05) is 8.07 Å². The number of carbonyl (C=O) groups is 1. The second-order valence-electron chi connectivity index (χ2n) is 5.00. The summed E-state index contributed by atoms with van der Waals surface area (Å²) in [6.45, 7) is 6.91. The number of carboxylic acid groups (broad SMARTS) is 1. The number of hydrogen-bond donors (Lipinski definition) is 1. The number of aromatic carboxylic acids is 1. The van der Waals surface area contributed by atoms with E-state index in [1.54, 1.807) is 0 Å². The first-order valence-corrected chi connectivity index (χ1v) is 9.87. The molecule has 0 aliphatic heterocycles. The quantitative estimate of drug-likeness (QED) is 0.494. The van der Waals surface area contributed by atoms with Gasteiger partial charge in [0.05, 0.1) is 17.6 Å². The van der Waals surface area contributed by atoms with Gasteiger partial charge in [-0.05, 0) is 6.04 Å². The molecule has 0 bridgehead atoms. The summed E-state index contributed by atoms with van der Waals surface area (Å²) >= 11 is 0.621. The Kier molecular flexibility index (Phi) is 4.46. The van der Waals surface area contributed by atoms with E-state index >= 15 is 0 Å². The van der Waals surface area contributed by atoms with Crippen LogP contribution in [-0.4, -0.2) is 30.7 Å². The molecule has 0 aliphatic carbocycles. The standard InChI is InChI=1S/C10H15NO5SSi/c1-18(2,3)5-4-16-7-6-8(11(14)15)17-9(7)10(12)13/h6H,4-5H2,1-3H3,(H,12,13). The van der Waals surface area contributed by atoms with Crippen molar-refractivity contribution in [3.05, 3.63) is 21.1 Å². The van der Waals surface area contributed by atoms with E-state index in [9.17, 15) is 14.9 Å². The number of thiophene rings is 1. The molecule has 1 rings (SSSR count). The van der Waals surface area contributed by atoms with Crippen molar-refractivity contribution in [3.8, 4) is 5.75 Å². The van der Waals surface area contributed by atoms with E-state index < -0.39 is 19.0 Å². The van der Waals surface area contributed by atoms with Crippen molar-refractivity contribution in [2.24, 2.45) is 0 Å². The Bertz CT molecular complexity index is 465. The van der Waals surface area contributed by atoms with E-state index in [1.165, 1.54) is 6.07 Å². The van der Waals surface area contributed by atoms with Gasteiger partial charge in [-0.2, -0.15) is 0 Å². The molecule has 0 amide bonds. The Morgan fingerprint density at radius 3 is 2.61 bits per heavy atom. The lowest BCUT2D eigenvalue weighted by atomic mass is 10.4. The average molecular weight is 289 g/mol. The van der Waals surface area contributed by atoms with E-state index in [2.05, 4.69) is 19.6 Å². The monoisotopic (exact) mass is 289 g/mol. The molecule has 6 nitrogen and oxygen atoms in total. The molecule has 0 saturated heterocycles. The summed E-state index contributed by atoms with van der Waals surface area (Å²) in [4.78, 5) is 20.8. The highest BCUT2D eigenvalue weighted by atomic mass is 32.1. The zero-order chi connectivity index (χ0) is 13.9. The highest BCUT2D eigenvalue weighted by Gasteiger charge is 2.23. The summed E-state index contributed by atoms with van der Waals surface area (Å²) in [7, 11) is -1.27. The molecule has 8 heteroatoms. The Balaban J connectivity index is 2.81. The molecule has 0 unspecified atom stereocenters. The first-order chi connectivity index (χ1) is 8.20. The first kappa shape index (κ1) is 14.6. The third kappa shape index (κ3) is 4.11. The normalized spacial score (nSPS) is 11.3. The number of carboxylic acids is 1. The van der Waals surface area contributed by atoms with E-state index in [-0.39, 0.29) is 15.6 Å². The maximum Gasteiger partial charge on any atom is 0.349 e. The molecule has 18 heavy (non-hydrogen) atoms. The van der Waals surface area contributed by atoms with Crippen LogP contribution in [-0.2, 0) is 0 Å². The maximum atomic E-state index is 10.9. The van der Waals surface area contributed by atoms with Gasteiger partial charge in [0.2, 0.25) is 0 Å². The van der Waals surface area contributed by atoms with Gasteiger partial charge in [-0.1, -0.05) is 31.0 Å². The zero-order valence-corrected chi connectivity index (χ0v) is 12.2. The molecule has 0 fully saturated rings. The fourth-order valence-electron chi connectivity index (χ4n) is 1.18. The summed E-state index contributed by atoms with van der Waals surface area (Å²) in [6.07, 6.45) is 0. The highest BCUT2D eigenvalue weighted by Crippen LogP contribution is 2.34. The smallest absolute Gasteiger partial charge is 0.349 e. The molecule has 0 atom stereocenters. The molecule has 1 aromatic heterocycles. The molecule has 100 valence electrons. The van der Waals surface area contributed by atoms with E-state index in [0.29, 0.717) is 17.9 Å². The summed E-state index contributed by atoms with van der Waals surface area (Å²) in [5, 5.41) is 19.3. The van der Waals surface area contributed by atoms with Crippen LogP contribution in [0.25, 0.3) is 0 Å². The Hall–Kier alpha value is -1.41. The number of nitrogens with zero attached hydrogens (tertiary/aromatic N) is 1. The van der Waals surface area contributed by atoms with Crippen LogP contribution in [0.1, 0.15) is 9.67 Å². The fraction of sp³-hybridized carbons (Fsp3) is 0.500. The molecule has 0 aromatic carbocycles. The van der Waals surface area contributed by atoms with Crippen molar-refractivity contribution in [2.45, 2.75) is 25.7 Å². The van der Waals surface area contributed by atoms with E-state index in [1.807, 2.05) is 0 Å². The first-order valence-electron chi connectivity index (χ1n) is 5.35. The zero-order valence-electron chi connectivity index (χ0n) is 10.4. The van der Waals surface area contributed by atoms with Gasteiger partial charge in [0.1, 0.15) is 0 Å². The van der Waals surface area contributed by atoms with Gasteiger partial charge in [0.15, 0.2) is 10.6 Å². The highest BCUT2D eigenvalue weighted by molar-refractivity contribution is 7.17. The number of nitro groups is 1. The van der Waals surface area contributed by atoms with Crippen LogP contribution in [0.15, 0.2) is 6.07 Å². The van der Waals surface area contributed by atoms with E-state index in [4.69, 9.17) is 9.84 Å². The lowest BCUT2D eigenvalue weighted by Crippen LogP contribution is -2.22. The van der Waals surface area contributed by atoms with Crippen molar-refractivity contribution >= 4 is 30.4 Å². The average Bonchev–Trinajstić information content (AvgIpc) is 2.59. The minimum Gasteiger partial charge on any atom is -0.492 e. The second kappa shape index (κ2) is 5.49. The maximum absolute atomic E-state index is 10.9. The molecule has 1 aromatic rings. The van der Waals surface area contributed by atoms with Crippen molar-refractivity contribution in [2.75, 3.05) is 6.61 Å². The molecule has 1 N–H and O–H groups in total. The Morgan fingerprint density at radius 1 is 1.56 bits per heavy atom. The number of rotatable bonds is 6. The molecular weight excluding hydrogens is 274 g/mol. The Labute approximate surface area is 109 Å². The molecule has 0 aliphatic rings. The number of ether oxygens (including phenoxy) is 1. The summed E-state index contributed by atoms with van der Waals surface area (Å²) < 4.78 is 5.37. The predicted octanol–water partition coefficient (Wildman–Crippen LogP) is 3.07. The molecule has 1 heterocycles. The minimum absolute atomic E-state index is 0.0949. The second-order valence-corrected chi connectivity index (χ2v) is 11.7. The van der Waals surface area contributed by atoms with Gasteiger partial charge < -0.3 is 9.84 Å². The van der Waals surface area contributed by atoms with Crippen LogP contribution in [0.2, 0.25) is 25.7 Å². The minimum atomic E-state index is -1.27.